The Morgan fingerprint density at radius 3 is 1.39 bits per heavy atom. The van der Waals surface area contributed by atoms with E-state index in [1.54, 1.807) is 0 Å². The molecule has 0 rings (SSSR count). The van der Waals surface area contributed by atoms with E-state index in [1.165, 1.54) is 0 Å². The summed E-state index contributed by atoms with van der Waals surface area (Å²) in [6, 6.07) is 0.515. The van der Waals surface area contributed by atoms with Gasteiger partial charge < -0.3 is 39.3 Å². The van der Waals surface area contributed by atoms with Crippen molar-refractivity contribution in [3.05, 3.63) is 0 Å². The predicted octanol–water partition coefficient (Wildman–Crippen LogP) is -3.10. The molecule has 0 aliphatic heterocycles. The van der Waals surface area contributed by atoms with Gasteiger partial charge in [-0.15, -0.1) is 0 Å². The molecule has 0 aromatic carbocycles. The Morgan fingerprint density at radius 2 is 0.947 bits per heavy atom. The van der Waals surface area contributed by atoms with Crippen LogP contribution >= 0.6 is 0 Å². The van der Waals surface area contributed by atoms with E-state index in [0.717, 1.165) is 105 Å². The van der Waals surface area contributed by atoms with Crippen molar-refractivity contribution in [1.29, 1.82) is 0 Å². The smallest absolute Gasteiger partial charge is 0.0604 e. The Bertz CT molecular complexity index is 497. The molecule has 0 atom stereocenters. The third kappa shape index (κ3) is 22.3. The van der Waals surface area contributed by atoms with Crippen molar-refractivity contribution < 1.29 is 0 Å². The van der Waals surface area contributed by atoms with Gasteiger partial charge in [0.25, 0.3) is 0 Å². The van der Waals surface area contributed by atoms with E-state index in [2.05, 4.69) is 49.4 Å². The summed E-state index contributed by atoms with van der Waals surface area (Å²) in [5.41, 5.74) is 28.8. The van der Waals surface area contributed by atoms with Crippen LogP contribution in [0, 0.1) is 0 Å². The number of nitrogens with one attached hydrogen (secondary N) is 3. The van der Waals surface area contributed by atoms with Crippen LogP contribution in [0.3, 0.4) is 0 Å². The summed E-state index contributed by atoms with van der Waals surface area (Å²) in [5.74, 6) is 0. The lowest BCUT2D eigenvalue weighted by atomic mass is 10.2. The molecule has 0 saturated heterocycles. The van der Waals surface area contributed by atoms with E-state index in [4.69, 9.17) is 28.7 Å². The van der Waals surface area contributed by atoms with Gasteiger partial charge in [-0.2, -0.15) is 0 Å². The monoisotopic (exact) mass is 547 g/mol. The Morgan fingerprint density at radius 1 is 0.526 bits per heavy atom. The van der Waals surface area contributed by atoms with Crippen LogP contribution in [-0.2, 0) is 0 Å². The van der Waals surface area contributed by atoms with E-state index in [-0.39, 0.29) is 5.66 Å². The molecule has 0 aromatic rings. The molecule has 0 bridgehead atoms. The van der Waals surface area contributed by atoms with E-state index in [9.17, 15) is 0 Å². The van der Waals surface area contributed by atoms with Crippen LogP contribution in [0.5, 0.6) is 0 Å². The number of rotatable bonds is 28. The highest BCUT2D eigenvalue weighted by Gasteiger charge is 2.14. The normalized spacial score (nSPS) is 12.8. The minimum atomic E-state index is -0.377. The minimum Gasteiger partial charge on any atom is -0.329 e. The average Bonchev–Trinajstić information content (AvgIpc) is 2.85. The zero-order valence-electron chi connectivity index (χ0n) is 25.4. The topological polar surface area (TPSA) is 179 Å². The predicted molar refractivity (Wildman–Crippen MR) is 164 cm³/mol. The van der Waals surface area contributed by atoms with E-state index in [1.807, 2.05) is 13.8 Å². The summed E-state index contributed by atoms with van der Waals surface area (Å²) in [5, 5.41) is 10.5. The molecule has 0 aliphatic carbocycles. The molecule has 0 aromatic heterocycles. The fraction of sp³-hybridized carbons (Fsp3) is 1.00. The SMILES string of the molecule is CC(C)N(CCN)CCNCCN(CCNCCN)CCN(CCNC(C)(C)N)CCN(CCN)CCN. The van der Waals surface area contributed by atoms with Gasteiger partial charge in [-0.1, -0.05) is 0 Å². The molecule has 13 N–H and O–H groups in total. The van der Waals surface area contributed by atoms with Crippen LogP contribution < -0.4 is 44.6 Å². The first-order chi connectivity index (χ1) is 18.2. The quantitative estimate of drug-likeness (QED) is 0.0366. The molecule has 0 aliphatic rings. The summed E-state index contributed by atoms with van der Waals surface area (Å²) >= 11 is 0. The fourth-order valence-corrected chi connectivity index (χ4v) is 4.32. The molecule has 0 spiro atoms. The largest absolute Gasteiger partial charge is 0.329 e. The third-order valence-corrected chi connectivity index (χ3v) is 6.62. The molecule has 0 heterocycles. The molecule has 0 radical (unpaired) electrons. The Labute approximate surface area is 234 Å². The molecule has 12 heteroatoms. The van der Waals surface area contributed by atoms with Gasteiger partial charge in [-0.3, -0.25) is 24.9 Å². The highest BCUT2D eigenvalue weighted by molar-refractivity contribution is 4.73. The second-order valence-corrected chi connectivity index (χ2v) is 11.0. The van der Waals surface area contributed by atoms with Gasteiger partial charge in [-0.25, -0.2) is 0 Å². The molecule has 12 nitrogen and oxygen atoms in total. The number of hydrogen-bond acceptors (Lipinski definition) is 12. The van der Waals surface area contributed by atoms with Crippen molar-refractivity contribution in [2.45, 2.75) is 39.4 Å². The molecule has 38 heavy (non-hydrogen) atoms. The van der Waals surface area contributed by atoms with Crippen molar-refractivity contribution >= 4 is 0 Å². The van der Waals surface area contributed by atoms with Gasteiger partial charge in [0.15, 0.2) is 0 Å². The number of nitrogens with zero attached hydrogens (tertiary/aromatic N) is 4. The first-order valence-electron chi connectivity index (χ1n) is 14.8. The van der Waals surface area contributed by atoms with Gasteiger partial charge in [0.05, 0.1) is 5.66 Å². The van der Waals surface area contributed by atoms with Gasteiger partial charge in [0.2, 0.25) is 0 Å². The summed E-state index contributed by atoms with van der Waals surface area (Å²) in [6.07, 6.45) is 0. The maximum Gasteiger partial charge on any atom is 0.0604 e. The van der Waals surface area contributed by atoms with Crippen LogP contribution in [0.2, 0.25) is 0 Å². The van der Waals surface area contributed by atoms with Crippen LogP contribution in [-0.4, -0.2) is 162 Å². The average molecular weight is 547 g/mol. The summed E-state index contributed by atoms with van der Waals surface area (Å²) in [4.78, 5) is 9.85. The summed E-state index contributed by atoms with van der Waals surface area (Å²) < 4.78 is 0. The first-order valence-corrected chi connectivity index (χ1v) is 14.8. The third-order valence-electron chi connectivity index (χ3n) is 6.62. The Kier molecular flexibility index (Phi) is 24.0. The van der Waals surface area contributed by atoms with Crippen molar-refractivity contribution in [2.24, 2.45) is 28.7 Å². The zero-order chi connectivity index (χ0) is 28.7. The lowest BCUT2D eigenvalue weighted by Crippen LogP contribution is -2.51. The molecule has 0 unspecified atom stereocenters. The number of nitrogens with two attached hydrogens (primary N) is 5. The molecule has 0 saturated carbocycles. The Hall–Kier alpha value is -0.480. The molecule has 230 valence electrons. The Balaban J connectivity index is 4.89. The lowest BCUT2D eigenvalue weighted by molar-refractivity contribution is 0.174. The van der Waals surface area contributed by atoms with Crippen LogP contribution in [0.4, 0.5) is 0 Å². The molecule has 0 fully saturated rings. The molecular weight excluding hydrogens is 480 g/mol. The van der Waals surface area contributed by atoms with E-state index < -0.39 is 0 Å². The van der Waals surface area contributed by atoms with Crippen LogP contribution in [0.1, 0.15) is 27.7 Å². The van der Waals surface area contributed by atoms with Gasteiger partial charge in [-0.05, 0) is 27.7 Å². The van der Waals surface area contributed by atoms with Crippen molar-refractivity contribution in [2.75, 3.05) is 131 Å². The van der Waals surface area contributed by atoms with Gasteiger partial charge >= 0.3 is 0 Å². The highest BCUT2D eigenvalue weighted by atomic mass is 15.2. The fourth-order valence-electron chi connectivity index (χ4n) is 4.32. The van der Waals surface area contributed by atoms with Crippen LogP contribution in [0.15, 0.2) is 0 Å². The summed E-state index contributed by atoms with van der Waals surface area (Å²) in [6.45, 7) is 26.4. The lowest BCUT2D eigenvalue weighted by Gasteiger charge is -2.31. The van der Waals surface area contributed by atoms with Crippen molar-refractivity contribution in [3.63, 3.8) is 0 Å². The number of hydrogen-bond donors (Lipinski definition) is 8. The highest BCUT2D eigenvalue weighted by Crippen LogP contribution is 1.98. The first kappa shape index (κ1) is 37.5. The second kappa shape index (κ2) is 24.3. The molecular formula is C26H66N12. The van der Waals surface area contributed by atoms with Crippen molar-refractivity contribution in [3.8, 4) is 0 Å². The minimum absolute atomic E-state index is 0.377. The van der Waals surface area contributed by atoms with Crippen molar-refractivity contribution in [1.82, 2.24) is 35.6 Å². The zero-order valence-corrected chi connectivity index (χ0v) is 25.4. The van der Waals surface area contributed by atoms with Gasteiger partial charge in [0.1, 0.15) is 0 Å². The second-order valence-electron chi connectivity index (χ2n) is 11.0. The van der Waals surface area contributed by atoms with E-state index in [0.29, 0.717) is 32.2 Å². The summed E-state index contributed by atoms with van der Waals surface area (Å²) in [7, 11) is 0. The maximum absolute atomic E-state index is 6.15. The standard InChI is InChI=1S/C26H66N12/c1-25(2)38(16-8-30)20-12-33-11-18-36(17-10-32-9-5-27)22-24-37(19-13-34-26(3,4)31)23-21-35(14-6-28)15-7-29/h25,32-34H,5-24,27-31H2,1-4H3. The molecule has 0 amide bonds. The van der Waals surface area contributed by atoms with Gasteiger partial charge in [0, 0.05) is 137 Å². The maximum atomic E-state index is 6.15. The van der Waals surface area contributed by atoms with Crippen LogP contribution in [0.25, 0.3) is 0 Å². The van der Waals surface area contributed by atoms with E-state index >= 15 is 0 Å².